The lowest BCUT2D eigenvalue weighted by Crippen LogP contribution is -2.33. The first kappa shape index (κ1) is 26.4. The highest BCUT2D eigenvalue weighted by Crippen LogP contribution is 2.33. The van der Waals surface area contributed by atoms with Gasteiger partial charge < -0.3 is 14.8 Å². The number of rotatable bonds is 7. The largest absolute Gasteiger partial charge is 0.496 e. The fourth-order valence-electron chi connectivity index (χ4n) is 4.47. The second-order valence-electron chi connectivity index (χ2n) is 10.4. The number of hydrogen-bond donors (Lipinski definition) is 1. The van der Waals surface area contributed by atoms with E-state index < -0.39 is 0 Å². The van der Waals surface area contributed by atoms with Crippen molar-refractivity contribution >= 4 is 29.3 Å². The van der Waals surface area contributed by atoms with Gasteiger partial charge in [0.2, 0.25) is 0 Å². The summed E-state index contributed by atoms with van der Waals surface area (Å²) in [7, 11) is 1.65. The minimum atomic E-state index is -0.175. The maximum absolute atomic E-state index is 13.3. The van der Waals surface area contributed by atoms with Crippen LogP contribution in [-0.2, 0) is 16.8 Å². The Morgan fingerprint density at radius 1 is 1.03 bits per heavy atom. The average Bonchev–Trinajstić information content (AvgIpc) is 3.14. The smallest absolute Gasteiger partial charge is 0.277 e. The molecule has 0 radical (unpaired) electrons. The summed E-state index contributed by atoms with van der Waals surface area (Å²) in [6.45, 7) is 10.9. The van der Waals surface area contributed by atoms with Crippen LogP contribution in [0.5, 0.6) is 11.5 Å². The fraction of sp³-hybridized carbons (Fsp3) is 0.290. The maximum Gasteiger partial charge on any atom is 0.277 e. The molecule has 1 amide bonds. The standard InChI is InChI=1S/C31H34N2O3S/c1-20-12-14-25(31(3,4)5)28(16-20)36-19-24-17-22(13-15-27(24)35-6)18-26-29(34)33(30(37)32-26)21(2)23-10-8-7-9-11-23/h7-18,21H,19H2,1-6H3,(H,32,37)/b26-18-. The third kappa shape index (κ3) is 5.86. The van der Waals surface area contributed by atoms with E-state index in [1.165, 1.54) is 0 Å². The van der Waals surface area contributed by atoms with Crippen LogP contribution in [0, 0.1) is 6.92 Å². The Kier molecular flexibility index (Phi) is 7.69. The number of nitrogens with zero attached hydrogens (tertiary/aromatic N) is 1. The topological polar surface area (TPSA) is 50.8 Å². The van der Waals surface area contributed by atoms with Crippen LogP contribution in [0.15, 0.2) is 72.4 Å². The fourth-order valence-corrected chi connectivity index (χ4v) is 4.82. The predicted molar refractivity (Wildman–Crippen MR) is 153 cm³/mol. The van der Waals surface area contributed by atoms with Crippen molar-refractivity contribution in [2.24, 2.45) is 0 Å². The van der Waals surface area contributed by atoms with Crippen LogP contribution in [0.1, 0.15) is 61.6 Å². The number of carbonyl (C=O) groups excluding carboxylic acids is 1. The molecule has 5 nitrogen and oxygen atoms in total. The van der Waals surface area contributed by atoms with Crippen molar-refractivity contribution in [2.75, 3.05) is 7.11 Å². The lowest BCUT2D eigenvalue weighted by Gasteiger charge is -2.23. The Morgan fingerprint density at radius 3 is 2.43 bits per heavy atom. The van der Waals surface area contributed by atoms with Crippen LogP contribution in [0.2, 0.25) is 0 Å². The molecule has 1 N–H and O–H groups in total. The number of aryl methyl sites for hydroxylation is 1. The van der Waals surface area contributed by atoms with E-state index in [4.69, 9.17) is 21.7 Å². The van der Waals surface area contributed by atoms with Crippen LogP contribution in [0.4, 0.5) is 0 Å². The van der Waals surface area contributed by atoms with Gasteiger partial charge in [-0.05, 0) is 78.0 Å². The lowest BCUT2D eigenvalue weighted by molar-refractivity contribution is -0.123. The number of thiocarbonyl (C=S) groups is 1. The molecule has 3 aromatic carbocycles. The summed E-state index contributed by atoms with van der Waals surface area (Å²) in [6, 6.07) is 21.8. The van der Waals surface area contributed by atoms with Crippen molar-refractivity contribution in [1.82, 2.24) is 10.2 Å². The molecular weight excluding hydrogens is 480 g/mol. The van der Waals surface area contributed by atoms with Crippen molar-refractivity contribution in [3.63, 3.8) is 0 Å². The van der Waals surface area contributed by atoms with E-state index in [0.717, 1.165) is 39.3 Å². The summed E-state index contributed by atoms with van der Waals surface area (Å²) in [5.41, 5.74) is 5.46. The van der Waals surface area contributed by atoms with Gasteiger partial charge in [0.25, 0.3) is 5.91 Å². The quantitative estimate of drug-likeness (QED) is 0.281. The Bertz CT molecular complexity index is 1340. The van der Waals surface area contributed by atoms with Crippen molar-refractivity contribution in [3.05, 3.63) is 100 Å². The van der Waals surface area contributed by atoms with Crippen LogP contribution in [-0.4, -0.2) is 23.0 Å². The van der Waals surface area contributed by atoms with Gasteiger partial charge in [-0.3, -0.25) is 9.69 Å². The molecule has 0 spiro atoms. The molecule has 4 rings (SSSR count). The van der Waals surface area contributed by atoms with E-state index >= 15 is 0 Å². The zero-order valence-corrected chi connectivity index (χ0v) is 23.1. The summed E-state index contributed by atoms with van der Waals surface area (Å²) in [5, 5.41) is 3.50. The molecule has 37 heavy (non-hydrogen) atoms. The van der Waals surface area contributed by atoms with Gasteiger partial charge in [0.1, 0.15) is 23.8 Å². The number of benzene rings is 3. The van der Waals surface area contributed by atoms with Crippen molar-refractivity contribution in [3.8, 4) is 11.5 Å². The van der Waals surface area contributed by atoms with E-state index in [0.29, 0.717) is 17.4 Å². The van der Waals surface area contributed by atoms with Gasteiger partial charge >= 0.3 is 0 Å². The van der Waals surface area contributed by atoms with Crippen molar-refractivity contribution in [1.29, 1.82) is 0 Å². The highest BCUT2D eigenvalue weighted by atomic mass is 32.1. The first-order valence-corrected chi connectivity index (χ1v) is 12.8. The van der Waals surface area contributed by atoms with Crippen molar-refractivity contribution in [2.45, 2.75) is 52.7 Å². The molecule has 1 unspecified atom stereocenters. The third-order valence-electron chi connectivity index (χ3n) is 6.52. The molecule has 1 fully saturated rings. The number of ether oxygens (including phenoxy) is 2. The van der Waals surface area contributed by atoms with Gasteiger partial charge in [-0.25, -0.2) is 0 Å². The molecule has 1 aliphatic rings. The van der Waals surface area contributed by atoms with E-state index in [1.54, 1.807) is 12.0 Å². The van der Waals surface area contributed by atoms with Gasteiger partial charge in [0.05, 0.1) is 13.2 Å². The Morgan fingerprint density at radius 2 is 1.76 bits per heavy atom. The van der Waals surface area contributed by atoms with Crippen LogP contribution in [0.25, 0.3) is 6.08 Å². The average molecular weight is 515 g/mol. The number of nitrogens with one attached hydrogen (secondary N) is 1. The summed E-state index contributed by atoms with van der Waals surface area (Å²) in [4.78, 5) is 14.9. The molecule has 0 saturated carbocycles. The van der Waals surface area contributed by atoms with Gasteiger partial charge in [0.15, 0.2) is 5.11 Å². The monoisotopic (exact) mass is 514 g/mol. The summed E-state index contributed by atoms with van der Waals surface area (Å²) in [5.74, 6) is 1.44. The second-order valence-corrected chi connectivity index (χ2v) is 10.7. The van der Waals surface area contributed by atoms with Gasteiger partial charge in [0, 0.05) is 5.56 Å². The molecule has 1 saturated heterocycles. The van der Waals surface area contributed by atoms with Gasteiger partial charge in [-0.1, -0.05) is 69.3 Å². The number of carbonyl (C=O) groups is 1. The van der Waals surface area contributed by atoms with E-state index in [9.17, 15) is 4.79 Å². The highest BCUT2D eigenvalue weighted by Gasteiger charge is 2.34. The molecule has 1 atom stereocenters. The van der Waals surface area contributed by atoms with Crippen LogP contribution in [0.3, 0.4) is 0 Å². The number of methoxy groups -OCH3 is 1. The summed E-state index contributed by atoms with van der Waals surface area (Å²) in [6.07, 6.45) is 1.82. The maximum atomic E-state index is 13.3. The van der Waals surface area contributed by atoms with Gasteiger partial charge in [-0.2, -0.15) is 0 Å². The summed E-state index contributed by atoms with van der Waals surface area (Å²) < 4.78 is 11.9. The molecule has 0 aromatic heterocycles. The lowest BCUT2D eigenvalue weighted by atomic mass is 9.86. The zero-order chi connectivity index (χ0) is 26.7. The SMILES string of the molecule is COc1ccc(/C=C2\NC(=S)N(C(C)c3ccccc3)C2=O)cc1COc1cc(C)ccc1C(C)(C)C. The first-order valence-electron chi connectivity index (χ1n) is 12.4. The molecule has 3 aromatic rings. The van der Waals surface area contributed by atoms with Gasteiger partial charge in [-0.15, -0.1) is 0 Å². The minimum absolute atomic E-state index is 0.0466. The zero-order valence-electron chi connectivity index (χ0n) is 22.3. The predicted octanol–water partition coefficient (Wildman–Crippen LogP) is 6.70. The van der Waals surface area contributed by atoms with E-state index in [1.807, 2.05) is 61.5 Å². The Balaban J connectivity index is 1.58. The molecule has 192 valence electrons. The molecule has 6 heteroatoms. The highest BCUT2D eigenvalue weighted by molar-refractivity contribution is 7.80. The van der Waals surface area contributed by atoms with Crippen molar-refractivity contribution < 1.29 is 14.3 Å². The van der Waals surface area contributed by atoms with Crippen LogP contribution >= 0.6 is 12.2 Å². The molecule has 1 aliphatic heterocycles. The van der Waals surface area contributed by atoms with E-state index in [-0.39, 0.29) is 17.4 Å². The number of amides is 1. The van der Waals surface area contributed by atoms with Crippen LogP contribution < -0.4 is 14.8 Å². The first-order chi connectivity index (χ1) is 17.6. The summed E-state index contributed by atoms with van der Waals surface area (Å²) >= 11 is 5.51. The molecule has 0 bridgehead atoms. The van der Waals surface area contributed by atoms with E-state index in [2.05, 4.69) is 51.2 Å². The minimum Gasteiger partial charge on any atom is -0.496 e. The normalized spacial score (nSPS) is 15.6. The molecule has 1 heterocycles. The Hall–Kier alpha value is -3.64. The molecular formula is C31H34N2O3S. The second kappa shape index (κ2) is 10.8. The Labute approximate surface area is 225 Å². The molecule has 0 aliphatic carbocycles. The number of hydrogen-bond acceptors (Lipinski definition) is 4. The third-order valence-corrected chi connectivity index (χ3v) is 6.82.